The van der Waals surface area contributed by atoms with E-state index in [4.69, 9.17) is 28.4 Å². The Labute approximate surface area is 109 Å². The predicted molar refractivity (Wildman–Crippen MR) is 66.4 cm³/mol. The summed E-state index contributed by atoms with van der Waals surface area (Å²) in [4.78, 5) is 0. The van der Waals surface area contributed by atoms with Gasteiger partial charge in [0.2, 0.25) is 0 Å². The lowest BCUT2D eigenvalue weighted by Crippen LogP contribution is -2.50. The fourth-order valence-electron chi connectivity index (χ4n) is 1.73. The molecular formula is C12H26O6. The van der Waals surface area contributed by atoms with Gasteiger partial charge in [-0.15, -0.1) is 0 Å². The molecule has 0 amide bonds. The van der Waals surface area contributed by atoms with Gasteiger partial charge in [0.15, 0.2) is 12.6 Å². The second-order valence-corrected chi connectivity index (χ2v) is 3.52. The van der Waals surface area contributed by atoms with Crippen molar-refractivity contribution in [3.05, 3.63) is 0 Å². The predicted octanol–water partition coefficient (Wildman–Crippen LogP) is 1.03. The maximum absolute atomic E-state index is 5.52. The van der Waals surface area contributed by atoms with Gasteiger partial charge in [0, 0.05) is 41.7 Å². The normalized spacial score (nSPS) is 15.3. The van der Waals surface area contributed by atoms with Gasteiger partial charge in [0.25, 0.3) is 0 Å². The summed E-state index contributed by atoms with van der Waals surface area (Å²) in [6.45, 7) is 4.83. The molecule has 0 spiro atoms. The molecule has 2 atom stereocenters. The van der Waals surface area contributed by atoms with Crippen LogP contribution in [0.1, 0.15) is 13.8 Å². The van der Waals surface area contributed by atoms with Crippen molar-refractivity contribution in [3.8, 4) is 0 Å². The average molecular weight is 266 g/mol. The third-order valence-corrected chi connectivity index (χ3v) is 2.53. The minimum Gasteiger partial charge on any atom is -0.373 e. The van der Waals surface area contributed by atoms with Crippen molar-refractivity contribution in [1.29, 1.82) is 0 Å². The summed E-state index contributed by atoms with van der Waals surface area (Å²) in [5, 5.41) is 0. The average Bonchev–Trinajstić information content (AvgIpc) is 2.39. The molecule has 0 aromatic carbocycles. The van der Waals surface area contributed by atoms with Crippen LogP contribution < -0.4 is 0 Å². The zero-order valence-electron chi connectivity index (χ0n) is 12.2. The van der Waals surface area contributed by atoms with Crippen LogP contribution in [0.15, 0.2) is 0 Å². The van der Waals surface area contributed by atoms with Crippen LogP contribution in [0.25, 0.3) is 0 Å². The maximum Gasteiger partial charge on any atom is 0.186 e. The van der Waals surface area contributed by atoms with Crippen molar-refractivity contribution >= 4 is 0 Å². The van der Waals surface area contributed by atoms with Gasteiger partial charge >= 0.3 is 0 Å². The molecule has 0 aliphatic rings. The Hall–Kier alpha value is -0.240. The Kier molecular flexibility index (Phi) is 10.5. The van der Waals surface area contributed by atoms with Crippen molar-refractivity contribution in [2.75, 3.05) is 41.7 Å². The quantitative estimate of drug-likeness (QED) is 0.521. The number of hydrogen-bond donors (Lipinski definition) is 0. The van der Waals surface area contributed by atoms with Crippen LogP contribution in [0.5, 0.6) is 0 Å². The third-order valence-electron chi connectivity index (χ3n) is 2.53. The Morgan fingerprint density at radius 1 is 0.611 bits per heavy atom. The van der Waals surface area contributed by atoms with Gasteiger partial charge in [-0.3, -0.25) is 0 Å². The highest BCUT2D eigenvalue weighted by Crippen LogP contribution is 2.17. The molecule has 0 radical (unpaired) electrons. The molecule has 0 aromatic rings. The second kappa shape index (κ2) is 10.7. The van der Waals surface area contributed by atoms with E-state index in [1.165, 1.54) is 0 Å². The highest BCUT2D eigenvalue weighted by atomic mass is 16.7. The number of rotatable bonds is 11. The van der Waals surface area contributed by atoms with Crippen LogP contribution in [-0.4, -0.2) is 66.4 Å². The van der Waals surface area contributed by atoms with Crippen LogP contribution in [0, 0.1) is 0 Å². The zero-order valence-corrected chi connectivity index (χ0v) is 12.2. The molecule has 6 nitrogen and oxygen atoms in total. The summed E-state index contributed by atoms with van der Waals surface area (Å²) in [5.74, 6) is 0. The molecule has 18 heavy (non-hydrogen) atoms. The molecule has 0 aromatic heterocycles. The van der Waals surface area contributed by atoms with E-state index >= 15 is 0 Å². The second-order valence-electron chi connectivity index (χ2n) is 3.52. The Morgan fingerprint density at radius 2 is 1.00 bits per heavy atom. The highest BCUT2D eigenvalue weighted by Gasteiger charge is 2.37. The largest absolute Gasteiger partial charge is 0.373 e. The minimum atomic E-state index is -0.552. The first-order valence-electron chi connectivity index (χ1n) is 6.04. The zero-order chi connectivity index (χ0) is 14.0. The summed E-state index contributed by atoms with van der Waals surface area (Å²) in [7, 11) is 6.23. The molecular weight excluding hydrogens is 240 g/mol. The molecule has 110 valence electrons. The lowest BCUT2D eigenvalue weighted by molar-refractivity contribution is -0.264. The molecule has 0 bridgehead atoms. The fraction of sp³-hybridized carbons (Fsp3) is 1.00. The first-order valence-corrected chi connectivity index (χ1v) is 6.04. The van der Waals surface area contributed by atoms with E-state index in [9.17, 15) is 0 Å². The Balaban J connectivity index is 4.83. The van der Waals surface area contributed by atoms with E-state index in [2.05, 4.69) is 0 Å². The third kappa shape index (κ3) is 5.17. The summed E-state index contributed by atoms with van der Waals surface area (Å²) in [6.07, 6.45) is -1.97. The van der Waals surface area contributed by atoms with Crippen molar-refractivity contribution in [1.82, 2.24) is 0 Å². The summed E-state index contributed by atoms with van der Waals surface area (Å²) < 4.78 is 32.3. The lowest BCUT2D eigenvalue weighted by atomic mass is 10.1. The molecule has 0 saturated carbocycles. The van der Waals surface area contributed by atoms with Gasteiger partial charge in [-0.1, -0.05) is 0 Å². The first-order chi connectivity index (χ1) is 8.69. The van der Waals surface area contributed by atoms with Crippen molar-refractivity contribution in [2.45, 2.75) is 38.6 Å². The molecule has 0 N–H and O–H groups in total. The Bertz CT molecular complexity index is 179. The lowest BCUT2D eigenvalue weighted by Gasteiger charge is -2.34. The molecule has 0 rings (SSSR count). The van der Waals surface area contributed by atoms with Crippen molar-refractivity contribution in [2.24, 2.45) is 0 Å². The van der Waals surface area contributed by atoms with Crippen LogP contribution in [-0.2, 0) is 28.4 Å². The smallest absolute Gasteiger partial charge is 0.186 e. The SMILES string of the molecule is CCOC(OCC)C(OC)C(OC)C(OC)OC. The van der Waals surface area contributed by atoms with E-state index < -0.39 is 24.8 Å². The fourth-order valence-corrected chi connectivity index (χ4v) is 1.73. The maximum atomic E-state index is 5.52. The standard InChI is InChI=1S/C12H26O6/c1-7-17-12(18-8-2)10(14-4)9(13-3)11(15-5)16-6/h9-12H,7-8H2,1-6H3. The van der Waals surface area contributed by atoms with E-state index in [0.29, 0.717) is 13.2 Å². The van der Waals surface area contributed by atoms with Crippen LogP contribution >= 0.6 is 0 Å². The van der Waals surface area contributed by atoms with Crippen LogP contribution in [0.2, 0.25) is 0 Å². The molecule has 0 fully saturated rings. The van der Waals surface area contributed by atoms with E-state index in [1.54, 1.807) is 28.4 Å². The van der Waals surface area contributed by atoms with E-state index in [0.717, 1.165) is 0 Å². The van der Waals surface area contributed by atoms with Gasteiger partial charge in [-0.25, -0.2) is 0 Å². The van der Waals surface area contributed by atoms with Gasteiger partial charge in [0.1, 0.15) is 12.2 Å². The molecule has 6 heteroatoms. The topological polar surface area (TPSA) is 55.4 Å². The number of hydrogen-bond acceptors (Lipinski definition) is 6. The van der Waals surface area contributed by atoms with Gasteiger partial charge < -0.3 is 28.4 Å². The summed E-state index contributed by atoms with van der Waals surface area (Å²) >= 11 is 0. The molecule has 0 saturated heterocycles. The van der Waals surface area contributed by atoms with Gasteiger partial charge in [-0.05, 0) is 13.8 Å². The number of ether oxygens (including phenoxy) is 6. The number of methoxy groups -OCH3 is 4. The first kappa shape index (κ1) is 17.8. The monoisotopic (exact) mass is 266 g/mol. The Morgan fingerprint density at radius 3 is 1.28 bits per heavy atom. The van der Waals surface area contributed by atoms with Gasteiger partial charge in [-0.2, -0.15) is 0 Å². The van der Waals surface area contributed by atoms with Crippen molar-refractivity contribution in [3.63, 3.8) is 0 Å². The molecule has 0 aliphatic heterocycles. The molecule has 0 aliphatic carbocycles. The highest BCUT2D eigenvalue weighted by molar-refractivity contribution is 4.77. The van der Waals surface area contributed by atoms with Crippen LogP contribution in [0.4, 0.5) is 0 Å². The van der Waals surface area contributed by atoms with Gasteiger partial charge in [0.05, 0.1) is 0 Å². The molecule has 0 heterocycles. The van der Waals surface area contributed by atoms with Crippen molar-refractivity contribution < 1.29 is 28.4 Å². The van der Waals surface area contributed by atoms with E-state index in [-0.39, 0.29) is 0 Å². The van der Waals surface area contributed by atoms with E-state index in [1.807, 2.05) is 13.8 Å². The van der Waals surface area contributed by atoms with Crippen LogP contribution in [0.3, 0.4) is 0 Å². The summed E-state index contributed by atoms with van der Waals surface area (Å²) in [6, 6.07) is 0. The minimum absolute atomic E-state index is 0.445. The molecule has 2 unspecified atom stereocenters. The summed E-state index contributed by atoms with van der Waals surface area (Å²) in [5.41, 5.74) is 0.